The highest BCUT2D eigenvalue weighted by Gasteiger charge is 2.54. The lowest BCUT2D eigenvalue weighted by Gasteiger charge is -2.49. The molecule has 2 aromatic heterocycles. The molecule has 1 fully saturated rings. The fourth-order valence-corrected chi connectivity index (χ4v) is 6.50. The molecule has 19 heteroatoms. The number of rotatable bonds is 10. The third-order valence-electron chi connectivity index (χ3n) is 5.01. The first-order valence-electron chi connectivity index (χ1n) is 10.2. The average Bonchev–Trinajstić information content (AvgIpc) is 3.51. The Morgan fingerprint density at radius 3 is 2.84 bits per heavy atom. The number of hydrogen-bond acceptors (Lipinski definition) is 13. The first-order chi connectivity index (χ1) is 17.7. The Bertz CT molecular complexity index is 1310. The van der Waals surface area contributed by atoms with Crippen LogP contribution in [0.3, 0.4) is 0 Å². The Morgan fingerprint density at radius 1 is 1.41 bits per heavy atom. The molecule has 0 spiro atoms. The topological polar surface area (TPSA) is 194 Å². The quantitative estimate of drug-likeness (QED) is 0.108. The lowest BCUT2D eigenvalue weighted by Crippen LogP contribution is -2.71. The number of nitrogens with zero attached hydrogens (tertiary/aromatic N) is 7. The van der Waals surface area contributed by atoms with E-state index >= 15 is 0 Å². The van der Waals surface area contributed by atoms with Crippen LogP contribution in [0.25, 0.3) is 0 Å². The number of amides is 3. The molecule has 0 bridgehead atoms. The molecule has 0 radical (unpaired) electrons. The minimum atomic E-state index is -1.24. The van der Waals surface area contributed by atoms with Crippen molar-refractivity contribution in [2.45, 2.75) is 16.6 Å². The summed E-state index contributed by atoms with van der Waals surface area (Å²) in [5.41, 5.74) is 0.306. The highest BCUT2D eigenvalue weighted by molar-refractivity contribution is 8.01. The second-order valence-corrected chi connectivity index (χ2v) is 10.5. The summed E-state index contributed by atoms with van der Waals surface area (Å²) in [4.78, 5) is 59.6. The number of oxime groups is 1. The standard InChI is InChI=1S/C18H18ClN9O6S3/c1-27-18(23-25-26-27)37-5-7-4-35-15-11(14(31)28(15)12(7)16(32)33)22-13(30)10(24-34-2)8-6-36-17(20-8)21-9(29)3-19/h6,11,15H,3-5H2,1-2H3,(H,22,30)(H,32,33)(H,20,21,29)/b24-10-/t11-,15-/m1/s1. The predicted octanol–water partition coefficient (Wildman–Crippen LogP) is -0.275. The van der Waals surface area contributed by atoms with Crippen molar-refractivity contribution in [3.05, 3.63) is 22.3 Å². The van der Waals surface area contributed by atoms with Gasteiger partial charge >= 0.3 is 5.97 Å². The highest BCUT2D eigenvalue weighted by atomic mass is 35.5. The molecular formula is C18H18ClN9O6S3. The molecule has 3 amide bonds. The van der Waals surface area contributed by atoms with Gasteiger partial charge in [-0.2, -0.15) is 0 Å². The van der Waals surface area contributed by atoms with Gasteiger partial charge in [0.05, 0.1) is 0 Å². The Hall–Kier alpha value is -3.22. The van der Waals surface area contributed by atoms with Crippen LogP contribution in [-0.4, -0.2) is 101 Å². The summed E-state index contributed by atoms with van der Waals surface area (Å²) in [6, 6.07) is -0.986. The number of halogens is 1. The van der Waals surface area contributed by atoms with Crippen molar-refractivity contribution in [2.75, 3.05) is 29.8 Å². The summed E-state index contributed by atoms with van der Waals surface area (Å²) in [7, 11) is 2.90. The second-order valence-electron chi connectivity index (χ2n) is 7.33. The van der Waals surface area contributed by atoms with Crippen molar-refractivity contribution < 1.29 is 29.1 Å². The summed E-state index contributed by atoms with van der Waals surface area (Å²) in [5, 5.41) is 31.3. The molecule has 196 valence electrons. The first-order valence-corrected chi connectivity index (χ1v) is 13.7. The maximum Gasteiger partial charge on any atom is 0.352 e. The van der Waals surface area contributed by atoms with Crippen molar-refractivity contribution in [1.29, 1.82) is 0 Å². The van der Waals surface area contributed by atoms with E-state index in [1.807, 2.05) is 0 Å². The number of carbonyl (C=O) groups excluding carboxylic acids is 3. The molecule has 2 aromatic rings. The highest BCUT2D eigenvalue weighted by Crippen LogP contribution is 2.41. The molecule has 0 aliphatic carbocycles. The van der Waals surface area contributed by atoms with E-state index in [0.717, 1.165) is 11.3 Å². The van der Waals surface area contributed by atoms with Crippen LogP contribution in [-0.2, 0) is 31.1 Å². The minimum Gasteiger partial charge on any atom is -0.477 e. The van der Waals surface area contributed by atoms with E-state index in [4.69, 9.17) is 16.4 Å². The van der Waals surface area contributed by atoms with Crippen molar-refractivity contribution in [2.24, 2.45) is 12.2 Å². The summed E-state index contributed by atoms with van der Waals surface area (Å²) >= 11 is 9.10. The Morgan fingerprint density at radius 2 is 2.19 bits per heavy atom. The first kappa shape index (κ1) is 26.8. The molecule has 15 nitrogen and oxygen atoms in total. The normalized spacial score (nSPS) is 19.3. The van der Waals surface area contributed by atoms with Crippen LogP contribution in [0.4, 0.5) is 5.13 Å². The van der Waals surface area contributed by atoms with Gasteiger partial charge in [0.2, 0.25) is 11.1 Å². The third kappa shape index (κ3) is 5.55. The van der Waals surface area contributed by atoms with Crippen LogP contribution in [0.15, 0.2) is 27.0 Å². The molecule has 4 heterocycles. The van der Waals surface area contributed by atoms with Crippen LogP contribution in [0.5, 0.6) is 0 Å². The zero-order valence-corrected chi connectivity index (χ0v) is 22.3. The number of carboxylic acids is 1. The maximum atomic E-state index is 13.0. The van der Waals surface area contributed by atoms with Gasteiger partial charge in [-0.15, -0.1) is 39.8 Å². The van der Waals surface area contributed by atoms with E-state index in [-0.39, 0.29) is 33.9 Å². The molecule has 2 aliphatic heterocycles. The molecule has 0 aromatic carbocycles. The van der Waals surface area contributed by atoms with Crippen LogP contribution >= 0.6 is 46.5 Å². The number of alkyl halides is 1. The van der Waals surface area contributed by atoms with Gasteiger partial charge in [0.25, 0.3) is 11.8 Å². The smallest absolute Gasteiger partial charge is 0.352 e. The van der Waals surface area contributed by atoms with E-state index in [2.05, 4.69) is 36.3 Å². The minimum absolute atomic E-state index is 0.109. The van der Waals surface area contributed by atoms with E-state index in [1.165, 1.54) is 45.6 Å². The number of aliphatic carboxylic acids is 1. The molecule has 2 aliphatic rings. The number of β-lactam (4-membered cyclic amide) rings is 1. The van der Waals surface area contributed by atoms with Crippen molar-refractivity contribution in [3.63, 3.8) is 0 Å². The summed E-state index contributed by atoms with van der Waals surface area (Å²) < 4.78 is 1.46. The molecule has 2 atom stereocenters. The van der Waals surface area contributed by atoms with E-state index in [0.29, 0.717) is 16.5 Å². The number of fused-ring (bicyclic) bond motifs is 1. The van der Waals surface area contributed by atoms with Crippen molar-refractivity contribution in [3.8, 4) is 0 Å². The summed E-state index contributed by atoms with van der Waals surface area (Å²) in [5.74, 6) is -2.71. The largest absolute Gasteiger partial charge is 0.477 e. The van der Waals surface area contributed by atoms with Gasteiger partial charge < -0.3 is 20.6 Å². The van der Waals surface area contributed by atoms with Gasteiger partial charge in [0, 0.05) is 23.9 Å². The maximum absolute atomic E-state index is 13.0. The number of nitrogens with one attached hydrogen (secondary N) is 2. The summed E-state index contributed by atoms with van der Waals surface area (Å²) in [6.07, 6.45) is 0. The Labute approximate surface area is 226 Å². The predicted molar refractivity (Wildman–Crippen MR) is 134 cm³/mol. The molecule has 0 saturated carbocycles. The van der Waals surface area contributed by atoms with E-state index in [1.54, 1.807) is 7.05 Å². The Balaban J connectivity index is 1.47. The Kier molecular flexibility index (Phi) is 8.30. The lowest BCUT2D eigenvalue weighted by molar-refractivity contribution is -0.150. The number of thiazole rings is 1. The van der Waals surface area contributed by atoms with Gasteiger partial charge in [-0.25, -0.2) is 14.5 Å². The van der Waals surface area contributed by atoms with Gasteiger partial charge in [0.15, 0.2) is 10.8 Å². The molecule has 4 rings (SSSR count). The average molecular weight is 588 g/mol. The third-order valence-corrected chi connectivity index (χ3v) is 8.44. The number of tetrazole rings is 1. The van der Waals surface area contributed by atoms with Gasteiger partial charge in [0.1, 0.15) is 35.8 Å². The molecule has 37 heavy (non-hydrogen) atoms. The monoisotopic (exact) mass is 587 g/mol. The van der Waals surface area contributed by atoms with Crippen molar-refractivity contribution >= 4 is 81.0 Å². The fraction of sp³-hybridized carbons (Fsp3) is 0.389. The molecule has 3 N–H and O–H groups in total. The molecular weight excluding hydrogens is 570 g/mol. The fourth-order valence-electron chi connectivity index (χ4n) is 3.39. The number of aryl methyl sites for hydroxylation is 1. The van der Waals surface area contributed by atoms with Crippen LogP contribution < -0.4 is 10.6 Å². The molecule has 1 saturated heterocycles. The zero-order chi connectivity index (χ0) is 26.7. The van der Waals surface area contributed by atoms with Gasteiger partial charge in [-0.3, -0.25) is 19.3 Å². The van der Waals surface area contributed by atoms with Gasteiger partial charge in [-0.05, 0) is 16.0 Å². The summed E-state index contributed by atoms with van der Waals surface area (Å²) in [6.45, 7) is 0. The second kappa shape index (κ2) is 11.4. The van der Waals surface area contributed by atoms with Gasteiger partial charge in [-0.1, -0.05) is 16.9 Å². The van der Waals surface area contributed by atoms with E-state index in [9.17, 15) is 24.3 Å². The van der Waals surface area contributed by atoms with Crippen LogP contribution in [0.1, 0.15) is 5.69 Å². The van der Waals surface area contributed by atoms with Crippen LogP contribution in [0.2, 0.25) is 0 Å². The number of hydrogen-bond donors (Lipinski definition) is 3. The SMILES string of the molecule is CO/N=C(\C(=O)N[C@@H]1C(=O)N2C(C(=O)O)=C(CSc3nnnn3C)CS[C@H]12)c1csc(NC(=O)CCl)n1. The van der Waals surface area contributed by atoms with Crippen LogP contribution in [0, 0.1) is 0 Å². The number of carbonyl (C=O) groups is 4. The number of aromatic nitrogens is 5. The zero-order valence-electron chi connectivity index (χ0n) is 19.1. The number of thioether (sulfide) groups is 2. The van der Waals surface area contributed by atoms with Crippen molar-refractivity contribution in [1.82, 2.24) is 35.4 Å². The van der Waals surface area contributed by atoms with E-state index < -0.39 is 35.1 Å². The number of carboxylic acid groups (broad SMARTS) is 1. The molecule has 0 unspecified atom stereocenters. The lowest BCUT2D eigenvalue weighted by atomic mass is 10.0. The number of anilines is 1.